The molecule has 0 amide bonds. The molecule has 0 aromatic carbocycles. The highest BCUT2D eigenvalue weighted by Gasteiger charge is 2.13. The Morgan fingerprint density at radius 3 is 2.77 bits per heavy atom. The Morgan fingerprint density at radius 2 is 2.31 bits per heavy atom. The summed E-state index contributed by atoms with van der Waals surface area (Å²) in [7, 11) is 0. The number of nitrogens with zero attached hydrogens (tertiary/aromatic N) is 2. The Bertz CT molecular complexity index is 375. The Morgan fingerprint density at radius 1 is 1.69 bits per heavy atom. The third-order valence-corrected chi connectivity index (χ3v) is 1.46. The molecule has 0 aliphatic carbocycles. The maximum Gasteiger partial charge on any atom is 0.311 e. The van der Waals surface area contributed by atoms with Gasteiger partial charge in [-0.2, -0.15) is 0 Å². The largest absolute Gasteiger partial charge is 0.399 e. The Balaban J connectivity index is 3.27. The number of pyridine rings is 1. The molecule has 1 rings (SSSR count). The van der Waals surface area contributed by atoms with E-state index < -0.39 is 4.92 Å². The van der Waals surface area contributed by atoms with Gasteiger partial charge in [-0.15, -0.1) is 0 Å². The van der Waals surface area contributed by atoms with Crippen molar-refractivity contribution in [1.82, 2.24) is 4.98 Å². The van der Waals surface area contributed by atoms with Crippen LogP contribution in [0.25, 0.3) is 5.70 Å². The fraction of sp³-hybridized carbons (Fsp3) is 0. The number of nitro groups is 1. The molecule has 1 aromatic heterocycles. The minimum atomic E-state index is -0.616. The lowest BCUT2D eigenvalue weighted by Crippen LogP contribution is -2.01. The van der Waals surface area contributed by atoms with Crippen LogP contribution in [0, 0.1) is 10.1 Å². The minimum Gasteiger partial charge on any atom is -0.399 e. The van der Waals surface area contributed by atoms with Crippen LogP contribution in [-0.4, -0.2) is 9.91 Å². The first-order valence-electron chi connectivity index (χ1n) is 3.37. The van der Waals surface area contributed by atoms with E-state index in [9.17, 15) is 10.1 Å². The molecule has 0 unspecified atom stereocenters. The number of hydrogen-bond donors (Lipinski definition) is 2. The number of nitrogens with two attached hydrogens (primary N) is 2. The van der Waals surface area contributed by atoms with Gasteiger partial charge in [0.05, 0.1) is 4.92 Å². The monoisotopic (exact) mass is 180 g/mol. The molecule has 1 heterocycles. The van der Waals surface area contributed by atoms with Gasteiger partial charge in [0.2, 0.25) is 5.82 Å². The summed E-state index contributed by atoms with van der Waals surface area (Å²) in [6, 6.07) is 1.24. The molecule has 68 valence electrons. The van der Waals surface area contributed by atoms with Gasteiger partial charge in [-0.3, -0.25) is 10.1 Å². The van der Waals surface area contributed by atoms with Crippen LogP contribution in [0.2, 0.25) is 0 Å². The molecule has 6 heteroatoms. The molecule has 13 heavy (non-hydrogen) atoms. The number of aromatic nitrogens is 1. The predicted octanol–water partition coefficient (Wildman–Crippen LogP) is 0.501. The lowest BCUT2D eigenvalue weighted by molar-refractivity contribution is -0.384. The van der Waals surface area contributed by atoms with E-state index in [1.54, 1.807) is 0 Å². The molecule has 6 nitrogen and oxygen atoms in total. The van der Waals surface area contributed by atoms with Gasteiger partial charge in [0.1, 0.15) is 0 Å². The minimum absolute atomic E-state index is 0.130. The Kier molecular flexibility index (Phi) is 2.14. The van der Waals surface area contributed by atoms with Crippen molar-refractivity contribution in [3.8, 4) is 0 Å². The average Bonchev–Trinajstić information content (AvgIpc) is 2.04. The molecule has 0 saturated heterocycles. The van der Waals surface area contributed by atoms with E-state index in [1.165, 1.54) is 12.3 Å². The molecular weight excluding hydrogens is 172 g/mol. The lowest BCUT2D eigenvalue weighted by Gasteiger charge is -2.00. The van der Waals surface area contributed by atoms with E-state index in [-0.39, 0.29) is 17.2 Å². The number of anilines is 1. The predicted molar refractivity (Wildman–Crippen MR) is 48.5 cm³/mol. The Hall–Kier alpha value is -2.11. The van der Waals surface area contributed by atoms with E-state index in [1.807, 2.05) is 0 Å². The zero-order valence-electron chi connectivity index (χ0n) is 6.73. The van der Waals surface area contributed by atoms with Gasteiger partial charge in [-0.05, 0) is 0 Å². The van der Waals surface area contributed by atoms with E-state index in [0.717, 1.165) is 0 Å². The highest BCUT2D eigenvalue weighted by Crippen LogP contribution is 2.21. The van der Waals surface area contributed by atoms with Gasteiger partial charge in [-0.25, -0.2) is 4.98 Å². The highest BCUT2D eigenvalue weighted by atomic mass is 16.6. The van der Waals surface area contributed by atoms with Crippen LogP contribution in [0.4, 0.5) is 11.5 Å². The third-order valence-electron chi connectivity index (χ3n) is 1.46. The van der Waals surface area contributed by atoms with Crippen LogP contribution >= 0.6 is 0 Å². The molecule has 0 spiro atoms. The van der Waals surface area contributed by atoms with Crippen molar-refractivity contribution in [3.05, 3.63) is 34.5 Å². The van der Waals surface area contributed by atoms with Crippen molar-refractivity contribution in [1.29, 1.82) is 0 Å². The van der Waals surface area contributed by atoms with Gasteiger partial charge in [0, 0.05) is 23.5 Å². The fourth-order valence-corrected chi connectivity index (χ4v) is 0.786. The molecule has 1 aromatic rings. The summed E-state index contributed by atoms with van der Waals surface area (Å²) in [6.45, 7) is 3.43. The topological polar surface area (TPSA) is 108 Å². The SMILES string of the molecule is C=C(N)c1cnc(N)c([N+](=O)[O-])c1. The smallest absolute Gasteiger partial charge is 0.311 e. The summed E-state index contributed by atoms with van der Waals surface area (Å²) in [6.07, 6.45) is 1.34. The molecule has 0 radical (unpaired) electrons. The first-order chi connectivity index (χ1) is 6.02. The van der Waals surface area contributed by atoms with Crippen molar-refractivity contribution < 1.29 is 4.92 Å². The van der Waals surface area contributed by atoms with Crippen molar-refractivity contribution in [3.63, 3.8) is 0 Å². The normalized spacial score (nSPS) is 9.54. The average molecular weight is 180 g/mol. The molecule has 0 fully saturated rings. The molecule has 0 saturated carbocycles. The van der Waals surface area contributed by atoms with Crippen LogP contribution in [0.3, 0.4) is 0 Å². The maximum atomic E-state index is 10.4. The van der Waals surface area contributed by atoms with E-state index >= 15 is 0 Å². The highest BCUT2D eigenvalue weighted by molar-refractivity contribution is 5.65. The fourth-order valence-electron chi connectivity index (χ4n) is 0.786. The van der Waals surface area contributed by atoms with Crippen molar-refractivity contribution in [2.24, 2.45) is 5.73 Å². The zero-order chi connectivity index (χ0) is 10.0. The van der Waals surface area contributed by atoms with Crippen molar-refractivity contribution in [2.75, 3.05) is 5.73 Å². The second kappa shape index (κ2) is 3.10. The number of rotatable bonds is 2. The summed E-state index contributed by atoms with van der Waals surface area (Å²) in [5.41, 5.74) is 11.0. The first-order valence-corrected chi connectivity index (χ1v) is 3.37. The van der Waals surface area contributed by atoms with E-state index in [2.05, 4.69) is 11.6 Å². The summed E-state index contributed by atoms with van der Waals surface area (Å²) in [5.74, 6) is -0.130. The van der Waals surface area contributed by atoms with Crippen LogP contribution in [0.15, 0.2) is 18.8 Å². The number of hydrogen-bond acceptors (Lipinski definition) is 5. The summed E-state index contributed by atoms with van der Waals surface area (Å²) in [5, 5.41) is 10.4. The zero-order valence-corrected chi connectivity index (χ0v) is 6.73. The summed E-state index contributed by atoms with van der Waals surface area (Å²) >= 11 is 0. The molecule has 0 aliphatic rings. The van der Waals surface area contributed by atoms with Gasteiger partial charge in [0.15, 0.2) is 0 Å². The van der Waals surface area contributed by atoms with Crippen LogP contribution < -0.4 is 11.5 Å². The van der Waals surface area contributed by atoms with E-state index in [0.29, 0.717) is 5.56 Å². The third kappa shape index (κ3) is 1.73. The van der Waals surface area contributed by atoms with Crippen LogP contribution in [-0.2, 0) is 0 Å². The summed E-state index contributed by atoms with van der Waals surface area (Å²) in [4.78, 5) is 13.4. The molecular formula is C7H8N4O2. The standard InChI is InChI=1S/C7H8N4O2/c1-4(8)5-2-6(11(12)13)7(9)10-3-5/h2-3H,1,8H2,(H2,9,10). The number of nitrogen functional groups attached to an aromatic ring is 1. The van der Waals surface area contributed by atoms with Gasteiger partial charge in [0.25, 0.3) is 0 Å². The van der Waals surface area contributed by atoms with Crippen LogP contribution in [0.1, 0.15) is 5.56 Å². The van der Waals surface area contributed by atoms with Gasteiger partial charge in [-0.1, -0.05) is 6.58 Å². The molecule has 0 bridgehead atoms. The second-order valence-corrected chi connectivity index (χ2v) is 2.41. The lowest BCUT2D eigenvalue weighted by atomic mass is 10.2. The van der Waals surface area contributed by atoms with E-state index in [4.69, 9.17) is 11.5 Å². The maximum absolute atomic E-state index is 10.4. The van der Waals surface area contributed by atoms with Crippen molar-refractivity contribution in [2.45, 2.75) is 0 Å². The van der Waals surface area contributed by atoms with Gasteiger partial charge < -0.3 is 11.5 Å². The molecule has 0 atom stereocenters. The molecule has 4 N–H and O–H groups in total. The van der Waals surface area contributed by atoms with Crippen molar-refractivity contribution >= 4 is 17.2 Å². The van der Waals surface area contributed by atoms with Gasteiger partial charge >= 0.3 is 5.69 Å². The Labute approximate surface area is 74.0 Å². The second-order valence-electron chi connectivity index (χ2n) is 2.41. The summed E-state index contributed by atoms with van der Waals surface area (Å²) < 4.78 is 0. The first kappa shape index (κ1) is 8.98. The quantitative estimate of drug-likeness (QED) is 0.508. The molecule has 0 aliphatic heterocycles. The van der Waals surface area contributed by atoms with Crippen LogP contribution in [0.5, 0.6) is 0 Å².